The van der Waals surface area contributed by atoms with Gasteiger partial charge in [-0.3, -0.25) is 14.9 Å². The van der Waals surface area contributed by atoms with E-state index in [1.165, 1.54) is 31.2 Å². The Morgan fingerprint density at radius 2 is 1.95 bits per heavy atom. The van der Waals surface area contributed by atoms with E-state index in [2.05, 4.69) is 5.32 Å². The Hall–Kier alpha value is -2.89. The van der Waals surface area contributed by atoms with Crippen LogP contribution < -0.4 is 5.32 Å². The molecule has 0 fully saturated rings. The van der Waals surface area contributed by atoms with Crippen molar-refractivity contribution >= 4 is 17.3 Å². The van der Waals surface area contributed by atoms with Gasteiger partial charge in [-0.1, -0.05) is 12.1 Å². The fourth-order valence-corrected chi connectivity index (χ4v) is 2.00. The average molecular weight is 286 g/mol. The molecule has 108 valence electrons. The van der Waals surface area contributed by atoms with Crippen molar-refractivity contribution < 1.29 is 14.8 Å². The minimum atomic E-state index is -0.532. The number of benzene rings is 2. The maximum atomic E-state index is 12.2. The molecule has 0 saturated heterocycles. The van der Waals surface area contributed by atoms with Crippen LogP contribution in [-0.2, 0) is 0 Å². The number of anilines is 1. The molecule has 2 N–H and O–H groups in total. The summed E-state index contributed by atoms with van der Waals surface area (Å²) in [5, 5.41) is 23.2. The van der Waals surface area contributed by atoms with Crippen LogP contribution in [0.3, 0.4) is 0 Å². The molecule has 0 spiro atoms. The molecular formula is C15H14N2O4. The molecule has 0 aliphatic rings. The Morgan fingerprint density at radius 3 is 2.57 bits per heavy atom. The summed E-state index contributed by atoms with van der Waals surface area (Å²) >= 11 is 0. The van der Waals surface area contributed by atoms with Crippen molar-refractivity contribution in [1.82, 2.24) is 0 Å². The third-order valence-electron chi connectivity index (χ3n) is 3.15. The molecule has 0 radical (unpaired) electrons. The molecular weight excluding hydrogens is 272 g/mol. The van der Waals surface area contributed by atoms with Gasteiger partial charge >= 0.3 is 0 Å². The zero-order valence-corrected chi connectivity index (χ0v) is 11.6. The Labute approximate surface area is 121 Å². The molecule has 0 atom stereocenters. The quantitative estimate of drug-likeness (QED) is 0.515. The van der Waals surface area contributed by atoms with E-state index in [0.717, 1.165) is 5.56 Å². The van der Waals surface area contributed by atoms with Crippen molar-refractivity contribution in [3.05, 3.63) is 63.2 Å². The van der Waals surface area contributed by atoms with Gasteiger partial charge in [0.2, 0.25) is 0 Å². The highest BCUT2D eigenvalue weighted by atomic mass is 16.6. The Kier molecular flexibility index (Phi) is 3.89. The van der Waals surface area contributed by atoms with Crippen molar-refractivity contribution in [1.29, 1.82) is 0 Å². The number of nitro benzene ring substituents is 1. The summed E-state index contributed by atoms with van der Waals surface area (Å²) in [5.74, 6) is -0.554. The minimum Gasteiger partial charge on any atom is -0.506 e. The summed E-state index contributed by atoms with van der Waals surface area (Å²) in [6.07, 6.45) is 0. The smallest absolute Gasteiger partial charge is 0.273 e. The van der Waals surface area contributed by atoms with Crippen LogP contribution in [0, 0.1) is 24.0 Å². The van der Waals surface area contributed by atoms with Crippen molar-refractivity contribution in [3.63, 3.8) is 0 Å². The lowest BCUT2D eigenvalue weighted by Crippen LogP contribution is -2.14. The van der Waals surface area contributed by atoms with Gasteiger partial charge in [0.25, 0.3) is 11.6 Å². The Morgan fingerprint density at radius 1 is 1.24 bits per heavy atom. The molecule has 6 nitrogen and oxygen atoms in total. The van der Waals surface area contributed by atoms with Gasteiger partial charge in [0.15, 0.2) is 0 Å². The molecule has 1 amide bonds. The molecule has 0 heterocycles. The highest BCUT2D eigenvalue weighted by Gasteiger charge is 2.18. The van der Waals surface area contributed by atoms with Gasteiger partial charge in [0.1, 0.15) is 5.75 Å². The average Bonchev–Trinajstić information content (AvgIpc) is 2.41. The van der Waals surface area contributed by atoms with E-state index in [9.17, 15) is 20.0 Å². The maximum absolute atomic E-state index is 12.2. The summed E-state index contributed by atoms with van der Waals surface area (Å²) in [5.41, 5.74) is 1.49. The molecule has 2 rings (SSSR count). The van der Waals surface area contributed by atoms with Gasteiger partial charge in [-0.05, 0) is 37.6 Å². The largest absolute Gasteiger partial charge is 0.506 e. The second-order valence-corrected chi connectivity index (χ2v) is 4.68. The number of amides is 1. The van der Waals surface area contributed by atoms with E-state index in [0.29, 0.717) is 0 Å². The lowest BCUT2D eigenvalue weighted by molar-refractivity contribution is -0.385. The van der Waals surface area contributed by atoms with Gasteiger partial charge in [-0.25, -0.2) is 0 Å². The topological polar surface area (TPSA) is 92.5 Å². The fourth-order valence-electron chi connectivity index (χ4n) is 2.00. The summed E-state index contributed by atoms with van der Waals surface area (Å²) < 4.78 is 0. The lowest BCUT2D eigenvalue weighted by Gasteiger charge is -2.09. The number of carbonyl (C=O) groups excluding carboxylic acids is 1. The van der Waals surface area contributed by atoms with Crippen LogP contribution in [0.4, 0.5) is 11.4 Å². The number of rotatable bonds is 3. The SMILES string of the molecule is Cc1ccc(NC(=O)c2cccc([N+](=O)[O-])c2C)c(O)c1. The van der Waals surface area contributed by atoms with E-state index < -0.39 is 10.8 Å². The molecule has 0 bridgehead atoms. The number of nitro groups is 1. The van der Waals surface area contributed by atoms with Crippen molar-refractivity contribution in [2.75, 3.05) is 5.32 Å². The van der Waals surface area contributed by atoms with E-state index in [-0.39, 0.29) is 28.3 Å². The van der Waals surface area contributed by atoms with Crippen LogP contribution in [0.1, 0.15) is 21.5 Å². The van der Waals surface area contributed by atoms with Crippen LogP contribution in [0.5, 0.6) is 5.75 Å². The minimum absolute atomic E-state index is 0.0496. The van der Waals surface area contributed by atoms with Crippen molar-refractivity contribution in [2.24, 2.45) is 0 Å². The number of nitrogens with zero attached hydrogens (tertiary/aromatic N) is 1. The number of aromatic hydroxyl groups is 1. The molecule has 2 aromatic rings. The first kappa shape index (κ1) is 14.5. The molecule has 0 aromatic heterocycles. The molecule has 6 heteroatoms. The number of phenols is 1. The van der Waals surface area contributed by atoms with Crippen molar-refractivity contribution in [3.8, 4) is 5.75 Å². The number of hydrogen-bond acceptors (Lipinski definition) is 4. The zero-order valence-electron chi connectivity index (χ0n) is 11.6. The van der Waals surface area contributed by atoms with Crippen molar-refractivity contribution in [2.45, 2.75) is 13.8 Å². The molecule has 2 aromatic carbocycles. The first-order chi connectivity index (χ1) is 9.90. The number of hydrogen-bond donors (Lipinski definition) is 2. The van der Waals surface area contributed by atoms with Crippen LogP contribution in [0.2, 0.25) is 0 Å². The lowest BCUT2D eigenvalue weighted by atomic mass is 10.1. The van der Waals surface area contributed by atoms with Crippen LogP contribution in [0.15, 0.2) is 36.4 Å². The fraction of sp³-hybridized carbons (Fsp3) is 0.133. The number of phenolic OH excluding ortho intramolecular Hbond substituents is 1. The normalized spacial score (nSPS) is 10.2. The second-order valence-electron chi connectivity index (χ2n) is 4.68. The first-order valence-electron chi connectivity index (χ1n) is 6.25. The third kappa shape index (κ3) is 3.00. The maximum Gasteiger partial charge on any atom is 0.273 e. The predicted octanol–water partition coefficient (Wildman–Crippen LogP) is 3.17. The van der Waals surface area contributed by atoms with Crippen LogP contribution in [0.25, 0.3) is 0 Å². The van der Waals surface area contributed by atoms with E-state index >= 15 is 0 Å². The number of carbonyl (C=O) groups is 1. The molecule has 0 aliphatic carbocycles. The van der Waals surface area contributed by atoms with Crippen LogP contribution in [-0.4, -0.2) is 15.9 Å². The number of aryl methyl sites for hydroxylation is 1. The Bertz CT molecular complexity index is 726. The molecule has 0 saturated carbocycles. The van der Waals surface area contributed by atoms with Gasteiger partial charge < -0.3 is 10.4 Å². The zero-order chi connectivity index (χ0) is 15.6. The molecule has 0 unspecified atom stereocenters. The summed E-state index contributed by atoms with van der Waals surface area (Å²) in [6.45, 7) is 3.33. The van der Waals surface area contributed by atoms with E-state index in [4.69, 9.17) is 0 Å². The number of nitrogens with one attached hydrogen (secondary N) is 1. The van der Waals surface area contributed by atoms with Gasteiger partial charge in [0, 0.05) is 17.2 Å². The standard InChI is InChI=1S/C15H14N2O4/c1-9-6-7-12(14(18)8-9)16-15(19)11-4-3-5-13(10(11)2)17(20)21/h3-8,18H,1-2H3,(H,16,19). The predicted molar refractivity (Wildman–Crippen MR) is 78.6 cm³/mol. The second kappa shape index (κ2) is 5.62. The third-order valence-corrected chi connectivity index (χ3v) is 3.15. The van der Waals surface area contributed by atoms with E-state index in [1.54, 1.807) is 12.1 Å². The van der Waals surface area contributed by atoms with E-state index in [1.807, 2.05) is 6.92 Å². The van der Waals surface area contributed by atoms with Gasteiger partial charge in [0.05, 0.1) is 10.6 Å². The highest BCUT2D eigenvalue weighted by molar-refractivity contribution is 6.06. The monoisotopic (exact) mass is 286 g/mol. The summed E-state index contributed by atoms with van der Waals surface area (Å²) in [7, 11) is 0. The molecule has 21 heavy (non-hydrogen) atoms. The Balaban J connectivity index is 2.33. The highest BCUT2D eigenvalue weighted by Crippen LogP contribution is 2.26. The van der Waals surface area contributed by atoms with Gasteiger partial charge in [-0.15, -0.1) is 0 Å². The van der Waals surface area contributed by atoms with Crippen LogP contribution >= 0.6 is 0 Å². The first-order valence-corrected chi connectivity index (χ1v) is 6.25. The molecule has 0 aliphatic heterocycles. The summed E-state index contributed by atoms with van der Waals surface area (Å²) in [6, 6.07) is 9.15. The summed E-state index contributed by atoms with van der Waals surface area (Å²) in [4.78, 5) is 22.6. The van der Waals surface area contributed by atoms with Gasteiger partial charge in [-0.2, -0.15) is 0 Å².